The van der Waals surface area contributed by atoms with E-state index in [0.717, 1.165) is 17.0 Å². The molecule has 0 radical (unpaired) electrons. The Morgan fingerprint density at radius 3 is 3.00 bits per heavy atom. The average molecular weight is 305 g/mol. The van der Waals surface area contributed by atoms with Gasteiger partial charge in [0.25, 0.3) is 0 Å². The number of nitrogens with zero attached hydrogens (tertiary/aromatic N) is 1. The molecule has 1 aromatic carbocycles. The maximum Gasteiger partial charge on any atom is 0.241 e. The Balaban J connectivity index is 1.87. The lowest BCUT2D eigenvalue weighted by atomic mass is 10.2. The van der Waals surface area contributed by atoms with Gasteiger partial charge in [0.1, 0.15) is 0 Å². The van der Waals surface area contributed by atoms with Crippen molar-refractivity contribution in [1.82, 2.24) is 5.43 Å². The van der Waals surface area contributed by atoms with Gasteiger partial charge < -0.3 is 5.32 Å². The molecule has 2 N–H and O–H groups in total. The number of carbonyl (C=O) groups is 2. The van der Waals surface area contributed by atoms with Crippen LogP contribution in [-0.4, -0.2) is 23.3 Å². The summed E-state index contributed by atoms with van der Waals surface area (Å²) in [6.45, 7) is 4.16. The lowest BCUT2D eigenvalue weighted by molar-refractivity contribution is -0.124. The van der Waals surface area contributed by atoms with E-state index in [4.69, 9.17) is 0 Å². The summed E-state index contributed by atoms with van der Waals surface area (Å²) < 4.78 is 0. The van der Waals surface area contributed by atoms with E-state index in [1.54, 1.807) is 6.21 Å². The molecule has 2 rings (SSSR count). The molecule has 0 unspecified atom stereocenters. The van der Waals surface area contributed by atoms with Gasteiger partial charge in [-0.25, -0.2) is 5.43 Å². The van der Waals surface area contributed by atoms with Gasteiger partial charge in [0.05, 0.1) is 10.9 Å². The predicted octanol–water partition coefficient (Wildman–Crippen LogP) is 2.64. The second kappa shape index (κ2) is 7.26. The Morgan fingerprint density at radius 1 is 1.48 bits per heavy atom. The van der Waals surface area contributed by atoms with Gasteiger partial charge in [0.2, 0.25) is 11.8 Å². The summed E-state index contributed by atoms with van der Waals surface area (Å²) in [5, 5.41) is 6.28. The number of carbonyl (C=O) groups excluding carboxylic acids is 2. The molecule has 5 nitrogen and oxygen atoms in total. The summed E-state index contributed by atoms with van der Waals surface area (Å²) in [5.74, 6) is 0.115. The second-order valence-electron chi connectivity index (χ2n) is 5.27. The van der Waals surface area contributed by atoms with Gasteiger partial charge in [-0.15, -0.1) is 11.8 Å². The number of rotatable bonds is 5. The van der Waals surface area contributed by atoms with E-state index in [1.807, 2.05) is 24.3 Å². The molecule has 21 heavy (non-hydrogen) atoms. The van der Waals surface area contributed by atoms with E-state index in [-0.39, 0.29) is 18.2 Å². The van der Waals surface area contributed by atoms with E-state index in [2.05, 4.69) is 29.7 Å². The van der Waals surface area contributed by atoms with Crippen LogP contribution in [-0.2, 0) is 9.59 Å². The number of thioether (sulfide) groups is 1. The number of hydrazone groups is 1. The van der Waals surface area contributed by atoms with E-state index in [0.29, 0.717) is 5.92 Å². The smallest absolute Gasteiger partial charge is 0.241 e. The van der Waals surface area contributed by atoms with Crippen LogP contribution in [0.15, 0.2) is 34.3 Å². The second-order valence-corrected chi connectivity index (χ2v) is 6.52. The van der Waals surface area contributed by atoms with Gasteiger partial charge in [-0.2, -0.15) is 5.10 Å². The third kappa shape index (κ3) is 4.60. The van der Waals surface area contributed by atoms with Crippen LogP contribution in [0, 0.1) is 5.92 Å². The fourth-order valence-corrected chi connectivity index (χ4v) is 2.93. The van der Waals surface area contributed by atoms with Crippen LogP contribution in [0.2, 0.25) is 0 Å². The number of anilines is 1. The molecule has 1 aliphatic heterocycles. The Hall–Kier alpha value is -1.82. The van der Waals surface area contributed by atoms with Crippen molar-refractivity contribution in [2.45, 2.75) is 36.8 Å². The van der Waals surface area contributed by atoms with Crippen LogP contribution in [0.5, 0.6) is 0 Å². The van der Waals surface area contributed by atoms with Gasteiger partial charge in [-0.1, -0.05) is 26.0 Å². The summed E-state index contributed by atoms with van der Waals surface area (Å²) >= 11 is 1.41. The van der Waals surface area contributed by atoms with E-state index < -0.39 is 5.25 Å². The van der Waals surface area contributed by atoms with Crippen molar-refractivity contribution < 1.29 is 9.59 Å². The summed E-state index contributed by atoms with van der Waals surface area (Å²) in [5.41, 5.74) is 3.27. The van der Waals surface area contributed by atoms with Crippen LogP contribution >= 0.6 is 11.8 Å². The first-order chi connectivity index (χ1) is 10.1. The summed E-state index contributed by atoms with van der Waals surface area (Å²) in [7, 11) is 0. The summed E-state index contributed by atoms with van der Waals surface area (Å²) in [4.78, 5) is 24.7. The first-order valence-electron chi connectivity index (χ1n) is 6.93. The molecule has 1 heterocycles. The van der Waals surface area contributed by atoms with Gasteiger partial charge in [-0.05, 0) is 24.5 Å². The highest BCUT2D eigenvalue weighted by atomic mass is 32.2. The minimum absolute atomic E-state index is 0.115. The molecule has 0 fully saturated rings. The van der Waals surface area contributed by atoms with Gasteiger partial charge in [0.15, 0.2) is 0 Å². The number of fused-ring (bicyclic) bond motifs is 1. The molecule has 6 heteroatoms. The predicted molar refractivity (Wildman–Crippen MR) is 85.4 cm³/mol. The Bertz CT molecular complexity index is 558. The first kappa shape index (κ1) is 15.6. The van der Waals surface area contributed by atoms with Crippen LogP contribution in [0.3, 0.4) is 0 Å². The van der Waals surface area contributed by atoms with Gasteiger partial charge >= 0.3 is 0 Å². The largest absolute Gasteiger partial charge is 0.324 e. The van der Waals surface area contributed by atoms with E-state index in [1.165, 1.54) is 11.8 Å². The monoisotopic (exact) mass is 305 g/mol. The molecule has 1 aliphatic rings. The number of para-hydroxylation sites is 1. The number of hydrogen-bond acceptors (Lipinski definition) is 4. The van der Waals surface area contributed by atoms with Crippen molar-refractivity contribution in [2.24, 2.45) is 11.0 Å². The quantitative estimate of drug-likeness (QED) is 0.649. The van der Waals surface area contributed by atoms with Crippen molar-refractivity contribution >= 4 is 35.5 Å². The van der Waals surface area contributed by atoms with Crippen molar-refractivity contribution in [2.75, 3.05) is 5.32 Å². The summed E-state index contributed by atoms with van der Waals surface area (Å²) in [6, 6.07) is 7.57. The van der Waals surface area contributed by atoms with Crippen molar-refractivity contribution in [1.29, 1.82) is 0 Å². The zero-order valence-corrected chi connectivity index (χ0v) is 12.9. The first-order valence-corrected chi connectivity index (χ1v) is 7.81. The average Bonchev–Trinajstić information content (AvgIpc) is 2.44. The van der Waals surface area contributed by atoms with Crippen LogP contribution in [0.1, 0.15) is 26.7 Å². The molecule has 0 aromatic heterocycles. The molecule has 0 spiro atoms. The third-order valence-electron chi connectivity index (χ3n) is 2.93. The van der Waals surface area contributed by atoms with Crippen LogP contribution in [0.25, 0.3) is 0 Å². The molecule has 0 saturated heterocycles. The number of benzene rings is 1. The zero-order chi connectivity index (χ0) is 15.2. The van der Waals surface area contributed by atoms with Crippen LogP contribution < -0.4 is 10.7 Å². The molecular weight excluding hydrogens is 286 g/mol. The highest BCUT2D eigenvalue weighted by molar-refractivity contribution is 8.01. The minimum Gasteiger partial charge on any atom is -0.324 e. The SMILES string of the molecule is CC(C)C/C=N\NC(=O)C[C@@H]1Sc2ccccc2NC1=O. The molecule has 112 valence electrons. The maximum absolute atomic E-state index is 12.0. The van der Waals surface area contributed by atoms with Crippen LogP contribution in [0.4, 0.5) is 5.69 Å². The van der Waals surface area contributed by atoms with Crippen molar-refractivity contribution in [3.8, 4) is 0 Å². The number of hydrogen-bond donors (Lipinski definition) is 2. The fourth-order valence-electron chi connectivity index (χ4n) is 1.82. The van der Waals surface area contributed by atoms with Crippen molar-refractivity contribution in [3.63, 3.8) is 0 Å². The fraction of sp³-hybridized carbons (Fsp3) is 0.400. The standard InChI is InChI=1S/C15H19N3O2S/c1-10(2)7-8-16-18-14(19)9-13-15(20)17-11-5-3-4-6-12(11)21-13/h3-6,8,10,13H,7,9H2,1-2H3,(H,17,20)(H,18,19)/b16-8-/t13-/m0/s1. The molecule has 0 aliphatic carbocycles. The third-order valence-corrected chi connectivity index (χ3v) is 4.21. The molecule has 1 aromatic rings. The summed E-state index contributed by atoms with van der Waals surface area (Å²) in [6.07, 6.45) is 2.61. The van der Waals surface area contributed by atoms with Crippen molar-refractivity contribution in [3.05, 3.63) is 24.3 Å². The molecule has 0 saturated carbocycles. The Kier molecular flexibility index (Phi) is 5.38. The Morgan fingerprint density at radius 2 is 2.24 bits per heavy atom. The molecule has 1 atom stereocenters. The van der Waals surface area contributed by atoms with E-state index >= 15 is 0 Å². The zero-order valence-electron chi connectivity index (χ0n) is 12.1. The van der Waals surface area contributed by atoms with Gasteiger partial charge in [-0.3, -0.25) is 9.59 Å². The minimum atomic E-state index is -0.416. The number of nitrogens with one attached hydrogen (secondary N) is 2. The number of amides is 2. The topological polar surface area (TPSA) is 70.6 Å². The molecular formula is C15H19N3O2S. The maximum atomic E-state index is 12.0. The Labute approximate surface area is 128 Å². The molecule has 0 bridgehead atoms. The highest BCUT2D eigenvalue weighted by Gasteiger charge is 2.28. The normalized spacial score (nSPS) is 17.7. The lowest BCUT2D eigenvalue weighted by Gasteiger charge is -2.23. The van der Waals surface area contributed by atoms with E-state index in [9.17, 15) is 9.59 Å². The molecule has 2 amide bonds. The highest BCUT2D eigenvalue weighted by Crippen LogP contribution is 2.36. The lowest BCUT2D eigenvalue weighted by Crippen LogP contribution is -2.33. The van der Waals surface area contributed by atoms with Gasteiger partial charge in [0, 0.05) is 17.5 Å².